The summed E-state index contributed by atoms with van der Waals surface area (Å²) in [5, 5.41) is 9.90. The van der Waals surface area contributed by atoms with Gasteiger partial charge in [-0.05, 0) is 25.2 Å². The first-order valence-electron chi connectivity index (χ1n) is 12.5. The normalized spacial score (nSPS) is 12.8. The molecule has 0 aromatic heterocycles. The average Bonchev–Trinajstić information content (AvgIpc) is 2.64. The van der Waals surface area contributed by atoms with E-state index in [1.807, 2.05) is 0 Å². The topological polar surface area (TPSA) is 29.5 Å². The van der Waals surface area contributed by atoms with Crippen molar-refractivity contribution in [1.82, 2.24) is 0 Å². The molecule has 0 aromatic carbocycles. The molecule has 164 valence electrons. The highest BCUT2D eigenvalue weighted by Gasteiger charge is 2.03. The van der Waals surface area contributed by atoms with E-state index < -0.39 is 6.29 Å². The second kappa shape index (κ2) is 22.2. The predicted molar refractivity (Wildman–Crippen MR) is 120 cm³/mol. The molecule has 2 nitrogen and oxygen atoms in total. The maximum atomic E-state index is 9.90. The molecule has 0 amide bonds. The van der Waals surface area contributed by atoms with Gasteiger partial charge in [-0.2, -0.15) is 0 Å². The molecule has 0 aliphatic rings. The van der Waals surface area contributed by atoms with E-state index in [0.29, 0.717) is 0 Å². The molecule has 1 atom stereocenters. The van der Waals surface area contributed by atoms with Crippen molar-refractivity contribution in [2.24, 2.45) is 5.92 Å². The number of unbranched alkanes of at least 4 members (excludes halogenated alkanes) is 15. The van der Waals surface area contributed by atoms with Gasteiger partial charge in [0.1, 0.15) is 0 Å². The summed E-state index contributed by atoms with van der Waals surface area (Å²) in [4.78, 5) is 0. The van der Waals surface area contributed by atoms with Crippen molar-refractivity contribution in [2.75, 3.05) is 6.61 Å². The van der Waals surface area contributed by atoms with Gasteiger partial charge in [-0.15, -0.1) is 0 Å². The first-order valence-corrected chi connectivity index (χ1v) is 12.5. The molecular weight excluding hydrogens is 332 g/mol. The second-order valence-electron chi connectivity index (χ2n) is 8.95. The van der Waals surface area contributed by atoms with Crippen LogP contribution in [0.25, 0.3) is 0 Å². The summed E-state index contributed by atoms with van der Waals surface area (Å²) in [6.45, 7) is 7.62. The van der Waals surface area contributed by atoms with Gasteiger partial charge in [0.05, 0.1) is 0 Å². The molecule has 0 spiro atoms. The lowest BCUT2D eigenvalue weighted by atomic mass is 10.0. The summed E-state index contributed by atoms with van der Waals surface area (Å²) in [7, 11) is 0. The van der Waals surface area contributed by atoms with E-state index in [4.69, 9.17) is 4.74 Å². The molecule has 0 heterocycles. The molecule has 1 unspecified atom stereocenters. The standard InChI is InChI=1S/C25H52O2/c1-4-5-6-7-8-9-10-14-17-20-23-27-25(26)22-19-16-13-11-12-15-18-21-24(2)3/h24-26H,4-23H2,1-3H3. The van der Waals surface area contributed by atoms with Crippen molar-refractivity contribution in [3.8, 4) is 0 Å². The molecule has 0 bridgehead atoms. The fourth-order valence-corrected chi connectivity index (χ4v) is 3.65. The fourth-order valence-electron chi connectivity index (χ4n) is 3.65. The van der Waals surface area contributed by atoms with Gasteiger partial charge in [0.2, 0.25) is 0 Å². The zero-order valence-electron chi connectivity index (χ0n) is 19.2. The maximum absolute atomic E-state index is 9.90. The Morgan fingerprint density at radius 2 is 0.963 bits per heavy atom. The van der Waals surface area contributed by atoms with Crippen LogP contribution in [0.2, 0.25) is 0 Å². The highest BCUT2D eigenvalue weighted by atomic mass is 16.6. The SMILES string of the molecule is CCCCCCCCCCCCOC(O)CCCCCCCCCC(C)C. The number of ether oxygens (including phenoxy) is 1. The summed E-state index contributed by atoms with van der Waals surface area (Å²) in [6.07, 6.45) is 24.2. The van der Waals surface area contributed by atoms with E-state index in [-0.39, 0.29) is 0 Å². The summed E-state index contributed by atoms with van der Waals surface area (Å²) in [6, 6.07) is 0. The van der Waals surface area contributed by atoms with Crippen LogP contribution in [0.15, 0.2) is 0 Å². The van der Waals surface area contributed by atoms with Gasteiger partial charge in [0.25, 0.3) is 0 Å². The van der Waals surface area contributed by atoms with E-state index >= 15 is 0 Å². The Hall–Kier alpha value is -0.0800. The van der Waals surface area contributed by atoms with Crippen molar-refractivity contribution in [3.05, 3.63) is 0 Å². The highest BCUT2D eigenvalue weighted by Crippen LogP contribution is 2.14. The third kappa shape index (κ3) is 23.9. The van der Waals surface area contributed by atoms with E-state index in [0.717, 1.165) is 31.8 Å². The molecule has 0 radical (unpaired) electrons. The minimum atomic E-state index is -0.533. The van der Waals surface area contributed by atoms with Gasteiger partial charge in [0, 0.05) is 6.61 Å². The van der Waals surface area contributed by atoms with E-state index in [1.54, 1.807) is 0 Å². The van der Waals surface area contributed by atoms with E-state index in [9.17, 15) is 5.11 Å². The minimum absolute atomic E-state index is 0.533. The van der Waals surface area contributed by atoms with Crippen molar-refractivity contribution in [2.45, 2.75) is 149 Å². The first-order chi connectivity index (χ1) is 13.2. The van der Waals surface area contributed by atoms with Crippen molar-refractivity contribution >= 4 is 0 Å². The summed E-state index contributed by atoms with van der Waals surface area (Å²) in [5.74, 6) is 0.854. The van der Waals surface area contributed by atoms with Crippen molar-refractivity contribution in [1.29, 1.82) is 0 Å². The Bertz CT molecular complexity index is 265. The summed E-state index contributed by atoms with van der Waals surface area (Å²) >= 11 is 0. The minimum Gasteiger partial charge on any atom is -0.368 e. The lowest BCUT2D eigenvalue weighted by molar-refractivity contribution is -0.105. The van der Waals surface area contributed by atoms with Crippen LogP contribution in [0.1, 0.15) is 143 Å². The van der Waals surface area contributed by atoms with Crippen LogP contribution < -0.4 is 0 Å². The van der Waals surface area contributed by atoms with Gasteiger partial charge >= 0.3 is 0 Å². The first kappa shape index (κ1) is 26.9. The largest absolute Gasteiger partial charge is 0.368 e. The average molecular weight is 385 g/mol. The Kier molecular flexibility index (Phi) is 22.1. The molecular formula is C25H52O2. The Labute approximate surface area is 171 Å². The third-order valence-corrected chi connectivity index (χ3v) is 5.54. The molecule has 0 saturated carbocycles. The van der Waals surface area contributed by atoms with Gasteiger partial charge < -0.3 is 9.84 Å². The number of aliphatic hydroxyl groups excluding tert-OH is 1. The van der Waals surface area contributed by atoms with Crippen molar-refractivity contribution in [3.63, 3.8) is 0 Å². The van der Waals surface area contributed by atoms with Gasteiger partial charge in [-0.3, -0.25) is 0 Å². The zero-order valence-corrected chi connectivity index (χ0v) is 19.2. The highest BCUT2D eigenvalue weighted by molar-refractivity contribution is 4.51. The van der Waals surface area contributed by atoms with Crippen molar-refractivity contribution < 1.29 is 9.84 Å². The maximum Gasteiger partial charge on any atom is 0.154 e. The van der Waals surface area contributed by atoms with Crippen LogP contribution in [-0.2, 0) is 4.74 Å². The molecule has 1 N–H and O–H groups in total. The number of hydrogen-bond acceptors (Lipinski definition) is 2. The zero-order chi connectivity index (χ0) is 20.0. The lowest BCUT2D eigenvalue weighted by Gasteiger charge is -2.12. The monoisotopic (exact) mass is 384 g/mol. The molecule has 0 saturated heterocycles. The molecule has 0 aliphatic carbocycles. The predicted octanol–water partition coefficient (Wildman–Crippen LogP) is 8.41. The second-order valence-corrected chi connectivity index (χ2v) is 8.95. The molecule has 0 aromatic rings. The van der Waals surface area contributed by atoms with Gasteiger partial charge in [-0.25, -0.2) is 0 Å². The molecule has 0 rings (SSSR count). The summed E-state index contributed by atoms with van der Waals surface area (Å²) < 4.78 is 5.55. The smallest absolute Gasteiger partial charge is 0.154 e. The fraction of sp³-hybridized carbons (Fsp3) is 1.00. The number of aliphatic hydroxyl groups is 1. The van der Waals surface area contributed by atoms with Crippen LogP contribution >= 0.6 is 0 Å². The summed E-state index contributed by atoms with van der Waals surface area (Å²) in [5.41, 5.74) is 0. The number of rotatable bonds is 22. The molecule has 0 aliphatic heterocycles. The van der Waals surface area contributed by atoms with Crippen LogP contribution in [0.3, 0.4) is 0 Å². The van der Waals surface area contributed by atoms with Crippen LogP contribution in [0, 0.1) is 5.92 Å². The van der Waals surface area contributed by atoms with E-state index in [1.165, 1.54) is 103 Å². The van der Waals surface area contributed by atoms with Crippen LogP contribution in [0.5, 0.6) is 0 Å². The third-order valence-electron chi connectivity index (χ3n) is 5.54. The Balaban J connectivity index is 3.14. The van der Waals surface area contributed by atoms with Crippen LogP contribution in [0.4, 0.5) is 0 Å². The molecule has 0 fully saturated rings. The molecule has 27 heavy (non-hydrogen) atoms. The van der Waals surface area contributed by atoms with Gasteiger partial charge in [-0.1, -0.05) is 124 Å². The Morgan fingerprint density at radius 3 is 1.44 bits per heavy atom. The number of hydrogen-bond donors (Lipinski definition) is 1. The lowest BCUT2D eigenvalue weighted by Crippen LogP contribution is -2.12. The van der Waals surface area contributed by atoms with Crippen LogP contribution in [-0.4, -0.2) is 18.0 Å². The van der Waals surface area contributed by atoms with E-state index in [2.05, 4.69) is 20.8 Å². The molecule has 2 heteroatoms. The Morgan fingerprint density at radius 1 is 0.556 bits per heavy atom. The quantitative estimate of drug-likeness (QED) is 0.150. The van der Waals surface area contributed by atoms with Gasteiger partial charge in [0.15, 0.2) is 6.29 Å².